The molecule has 0 amide bonds. The first-order valence-corrected chi connectivity index (χ1v) is 6.40. The van der Waals surface area contributed by atoms with Crippen LogP contribution in [0.1, 0.15) is 24.4 Å². The number of hydrogen-bond acceptors (Lipinski definition) is 5. The van der Waals surface area contributed by atoms with Crippen molar-refractivity contribution in [2.24, 2.45) is 0 Å². The molecule has 2 aromatic heterocycles. The van der Waals surface area contributed by atoms with Crippen molar-refractivity contribution >= 4 is 40.5 Å². The number of nitrogens with zero attached hydrogens (tertiary/aromatic N) is 2. The molecule has 0 spiro atoms. The molecule has 2 rings (SSSR count). The highest BCUT2D eigenvalue weighted by molar-refractivity contribution is 9.10. The molecule has 2 heterocycles. The number of aromatic nitrogens is 2. The van der Waals surface area contributed by atoms with E-state index in [1.165, 1.54) is 0 Å². The molecule has 104 valence electrons. The molecule has 0 radical (unpaired) electrons. The average Bonchev–Trinajstić information content (AvgIpc) is 2.96. The number of nitrogens with one attached hydrogen (secondary N) is 1. The molecule has 1 unspecified atom stereocenters. The Morgan fingerprint density at radius 3 is 2.84 bits per heavy atom. The maximum Gasteiger partial charge on any atom is 0.250 e. The van der Waals surface area contributed by atoms with Gasteiger partial charge < -0.3 is 14.3 Å². The molecule has 1 N–H and O–H groups in total. The van der Waals surface area contributed by atoms with E-state index in [2.05, 4.69) is 38.3 Å². The molecule has 0 aromatic carbocycles. The van der Waals surface area contributed by atoms with Gasteiger partial charge in [-0.1, -0.05) is 5.16 Å². The van der Waals surface area contributed by atoms with E-state index in [9.17, 15) is 0 Å². The Morgan fingerprint density at radius 1 is 1.42 bits per heavy atom. The second kappa shape index (κ2) is 7.47. The third kappa shape index (κ3) is 4.81. The van der Waals surface area contributed by atoms with Gasteiger partial charge in [0.25, 0.3) is 5.89 Å². The average molecular weight is 349 g/mol. The van der Waals surface area contributed by atoms with Crippen LogP contribution in [0.15, 0.2) is 25.7 Å². The molecule has 0 saturated carbocycles. The van der Waals surface area contributed by atoms with E-state index >= 15 is 0 Å². The summed E-state index contributed by atoms with van der Waals surface area (Å²) < 4.78 is 11.1. The first kappa shape index (κ1) is 15.9. The van der Waals surface area contributed by atoms with E-state index in [1.54, 1.807) is 12.2 Å². The summed E-state index contributed by atoms with van der Waals surface area (Å²) >= 11 is 3.24. The first-order valence-electron chi connectivity index (χ1n) is 5.60. The maximum absolute atomic E-state index is 5.32. The van der Waals surface area contributed by atoms with Crippen LogP contribution in [0.2, 0.25) is 0 Å². The van der Waals surface area contributed by atoms with Crippen LogP contribution in [0.25, 0.3) is 12.2 Å². The monoisotopic (exact) mass is 347 g/mol. The smallest absolute Gasteiger partial charge is 0.250 e. The van der Waals surface area contributed by atoms with Crippen molar-refractivity contribution in [2.75, 3.05) is 7.05 Å². The molecule has 7 heteroatoms. The number of likely N-dealkylation sites (N-methyl/N-ethyl adjacent to an activating group) is 1. The summed E-state index contributed by atoms with van der Waals surface area (Å²) in [6, 6.07) is 3.99. The third-order valence-corrected chi connectivity index (χ3v) is 2.88. The van der Waals surface area contributed by atoms with Gasteiger partial charge in [0.1, 0.15) is 5.76 Å². The number of rotatable bonds is 5. The highest BCUT2D eigenvalue weighted by Crippen LogP contribution is 2.16. The van der Waals surface area contributed by atoms with Gasteiger partial charge in [-0.25, -0.2) is 0 Å². The summed E-state index contributed by atoms with van der Waals surface area (Å²) in [7, 11) is 1.90. The standard InChI is InChI=1S/C12H14BrN3O2.ClH/c1-8(14-2)7-11-15-12(18-16-11)6-4-9-3-5-10(13)17-9;/h3-6,8,14H,7H2,1-2H3;1H/b6-4+;. The fourth-order valence-electron chi connectivity index (χ4n) is 1.37. The van der Waals surface area contributed by atoms with Crippen LogP contribution in [0.5, 0.6) is 0 Å². The minimum absolute atomic E-state index is 0. The van der Waals surface area contributed by atoms with Crippen LogP contribution in [0.3, 0.4) is 0 Å². The van der Waals surface area contributed by atoms with Gasteiger partial charge in [0.2, 0.25) is 0 Å². The largest absolute Gasteiger partial charge is 0.450 e. The fraction of sp³-hybridized carbons (Fsp3) is 0.333. The predicted molar refractivity (Wildman–Crippen MR) is 79.1 cm³/mol. The molecular weight excluding hydrogens is 334 g/mol. The van der Waals surface area contributed by atoms with Gasteiger partial charge in [-0.15, -0.1) is 12.4 Å². The highest BCUT2D eigenvalue weighted by Gasteiger charge is 2.07. The molecule has 5 nitrogen and oxygen atoms in total. The van der Waals surface area contributed by atoms with Gasteiger partial charge in [0.15, 0.2) is 10.5 Å². The summed E-state index contributed by atoms with van der Waals surface area (Å²) in [5, 5.41) is 7.03. The van der Waals surface area contributed by atoms with Crippen molar-refractivity contribution in [3.8, 4) is 0 Å². The van der Waals surface area contributed by atoms with Crippen molar-refractivity contribution in [1.82, 2.24) is 15.5 Å². The zero-order chi connectivity index (χ0) is 13.0. The van der Waals surface area contributed by atoms with Gasteiger partial charge >= 0.3 is 0 Å². The van der Waals surface area contributed by atoms with E-state index in [-0.39, 0.29) is 12.4 Å². The Hall–Kier alpha value is -1.11. The first-order chi connectivity index (χ1) is 8.67. The quantitative estimate of drug-likeness (QED) is 0.899. The third-order valence-electron chi connectivity index (χ3n) is 2.45. The van der Waals surface area contributed by atoms with Crippen LogP contribution in [0, 0.1) is 0 Å². The fourth-order valence-corrected chi connectivity index (χ4v) is 1.68. The lowest BCUT2D eigenvalue weighted by Gasteiger charge is -2.04. The SMILES string of the molecule is CNC(C)Cc1noc(/C=C/c2ccc(Br)o2)n1.Cl. The summed E-state index contributed by atoms with van der Waals surface area (Å²) in [4.78, 5) is 4.26. The Kier molecular flexibility index (Phi) is 6.27. The minimum atomic E-state index is 0. The van der Waals surface area contributed by atoms with Gasteiger partial charge in [0.05, 0.1) is 0 Å². The van der Waals surface area contributed by atoms with Crippen molar-refractivity contribution in [3.63, 3.8) is 0 Å². The van der Waals surface area contributed by atoms with E-state index in [0.29, 0.717) is 22.4 Å². The van der Waals surface area contributed by atoms with Gasteiger partial charge in [0, 0.05) is 18.5 Å². The Labute approximate surface area is 126 Å². The topological polar surface area (TPSA) is 64.1 Å². The normalized spacial score (nSPS) is 12.6. The maximum atomic E-state index is 5.32. The van der Waals surface area contributed by atoms with Crippen molar-refractivity contribution in [2.45, 2.75) is 19.4 Å². The van der Waals surface area contributed by atoms with Gasteiger partial charge in [-0.2, -0.15) is 4.98 Å². The van der Waals surface area contributed by atoms with Gasteiger partial charge in [-0.3, -0.25) is 0 Å². The summed E-state index contributed by atoms with van der Waals surface area (Å²) in [6.45, 7) is 2.06. The van der Waals surface area contributed by atoms with Crippen molar-refractivity contribution in [3.05, 3.63) is 34.3 Å². The van der Waals surface area contributed by atoms with Crippen LogP contribution in [-0.4, -0.2) is 23.2 Å². The molecule has 19 heavy (non-hydrogen) atoms. The van der Waals surface area contributed by atoms with Crippen molar-refractivity contribution in [1.29, 1.82) is 0 Å². The number of halogens is 2. The summed E-state index contributed by atoms with van der Waals surface area (Å²) in [5.74, 6) is 1.89. The van der Waals surface area contributed by atoms with E-state index in [0.717, 1.165) is 12.2 Å². The zero-order valence-electron chi connectivity index (χ0n) is 10.6. The van der Waals surface area contributed by atoms with Crippen LogP contribution in [-0.2, 0) is 6.42 Å². The molecule has 0 aliphatic rings. The molecule has 0 aliphatic carbocycles. The van der Waals surface area contributed by atoms with E-state index < -0.39 is 0 Å². The van der Waals surface area contributed by atoms with E-state index in [1.807, 2.05) is 19.2 Å². The molecule has 0 aliphatic heterocycles. The van der Waals surface area contributed by atoms with Gasteiger partial charge in [-0.05, 0) is 48.1 Å². The highest BCUT2D eigenvalue weighted by atomic mass is 79.9. The molecular formula is C12H15BrClN3O2. The lowest BCUT2D eigenvalue weighted by atomic mass is 10.2. The number of furan rings is 1. The zero-order valence-corrected chi connectivity index (χ0v) is 13.0. The second-order valence-corrected chi connectivity index (χ2v) is 4.70. The van der Waals surface area contributed by atoms with Crippen LogP contribution >= 0.6 is 28.3 Å². The Morgan fingerprint density at radius 2 is 2.21 bits per heavy atom. The molecule has 0 saturated heterocycles. The van der Waals surface area contributed by atoms with Crippen LogP contribution in [0.4, 0.5) is 0 Å². The van der Waals surface area contributed by atoms with E-state index in [4.69, 9.17) is 8.94 Å². The summed E-state index contributed by atoms with van der Waals surface area (Å²) in [6.07, 6.45) is 4.25. The van der Waals surface area contributed by atoms with Crippen LogP contribution < -0.4 is 5.32 Å². The molecule has 0 bridgehead atoms. The Bertz CT molecular complexity index is 539. The molecule has 2 aromatic rings. The molecule has 1 atom stereocenters. The number of hydrogen-bond donors (Lipinski definition) is 1. The second-order valence-electron chi connectivity index (χ2n) is 3.92. The summed E-state index contributed by atoms with van der Waals surface area (Å²) in [5.41, 5.74) is 0. The lowest BCUT2D eigenvalue weighted by Crippen LogP contribution is -2.24. The Balaban J connectivity index is 0.00000180. The van der Waals surface area contributed by atoms with Crippen molar-refractivity contribution < 1.29 is 8.94 Å². The lowest BCUT2D eigenvalue weighted by molar-refractivity contribution is 0.400. The minimum Gasteiger partial charge on any atom is -0.450 e. The molecule has 0 fully saturated rings. The predicted octanol–water partition coefficient (Wildman–Crippen LogP) is 3.17.